The third-order valence-corrected chi connectivity index (χ3v) is 4.52. The molecule has 0 aliphatic carbocycles. The molecular formula is C20H19N5O2. The smallest absolute Gasteiger partial charge is 0.255 e. The van der Waals surface area contributed by atoms with E-state index in [1.54, 1.807) is 23.3 Å². The Bertz CT molecular complexity index is 943. The van der Waals surface area contributed by atoms with E-state index in [-0.39, 0.29) is 17.9 Å². The molecule has 3 aromatic rings. The number of aromatic nitrogens is 3. The van der Waals surface area contributed by atoms with Crippen LogP contribution < -0.4 is 10.6 Å². The number of piperidine rings is 1. The van der Waals surface area contributed by atoms with E-state index in [0.717, 1.165) is 11.3 Å². The summed E-state index contributed by atoms with van der Waals surface area (Å²) in [6.45, 7) is 0.444. The number of nitrogens with one attached hydrogen (secondary N) is 2. The molecule has 2 aromatic heterocycles. The van der Waals surface area contributed by atoms with Crippen LogP contribution >= 0.6 is 0 Å². The van der Waals surface area contributed by atoms with Crippen LogP contribution in [-0.2, 0) is 4.79 Å². The largest absolute Gasteiger partial charge is 0.354 e. The lowest BCUT2D eigenvalue weighted by Crippen LogP contribution is -2.47. The summed E-state index contributed by atoms with van der Waals surface area (Å²) in [5, 5.41) is 10.4. The second kappa shape index (κ2) is 7.41. The molecule has 2 N–H and O–H groups in total. The van der Waals surface area contributed by atoms with Crippen molar-refractivity contribution in [3.8, 4) is 16.9 Å². The quantitative estimate of drug-likeness (QED) is 0.743. The Morgan fingerprint density at radius 1 is 1.19 bits per heavy atom. The highest BCUT2D eigenvalue weighted by molar-refractivity contribution is 6.00. The van der Waals surface area contributed by atoms with E-state index in [1.165, 1.54) is 0 Å². The minimum atomic E-state index is -0.211. The first-order valence-electron chi connectivity index (χ1n) is 8.84. The van der Waals surface area contributed by atoms with Gasteiger partial charge in [-0.2, -0.15) is 5.10 Å². The van der Waals surface area contributed by atoms with Crippen molar-refractivity contribution in [3.63, 3.8) is 0 Å². The number of benzene rings is 1. The Kier molecular flexibility index (Phi) is 4.65. The van der Waals surface area contributed by atoms with Gasteiger partial charge in [0.1, 0.15) is 5.69 Å². The topological polar surface area (TPSA) is 88.9 Å². The fourth-order valence-electron chi connectivity index (χ4n) is 3.09. The molecule has 1 aromatic carbocycles. The molecule has 0 bridgehead atoms. The van der Waals surface area contributed by atoms with Gasteiger partial charge in [0.15, 0.2) is 0 Å². The van der Waals surface area contributed by atoms with Gasteiger partial charge in [-0.15, -0.1) is 0 Å². The van der Waals surface area contributed by atoms with Crippen molar-refractivity contribution in [1.82, 2.24) is 25.4 Å². The van der Waals surface area contributed by atoms with Crippen molar-refractivity contribution in [2.24, 2.45) is 0 Å². The van der Waals surface area contributed by atoms with Gasteiger partial charge in [-0.1, -0.05) is 18.2 Å². The highest BCUT2D eigenvalue weighted by Crippen LogP contribution is 2.23. The van der Waals surface area contributed by atoms with Crippen LogP contribution in [0.5, 0.6) is 0 Å². The molecule has 7 nitrogen and oxygen atoms in total. The van der Waals surface area contributed by atoms with Crippen molar-refractivity contribution in [2.45, 2.75) is 18.9 Å². The predicted octanol–water partition coefficient (Wildman–Crippen LogP) is 1.94. The Labute approximate surface area is 156 Å². The number of carbonyl (C=O) groups excluding carboxylic acids is 2. The van der Waals surface area contributed by atoms with E-state index >= 15 is 0 Å². The van der Waals surface area contributed by atoms with Crippen molar-refractivity contribution >= 4 is 11.8 Å². The molecular weight excluding hydrogens is 342 g/mol. The van der Waals surface area contributed by atoms with Gasteiger partial charge >= 0.3 is 0 Å². The van der Waals surface area contributed by atoms with Crippen LogP contribution in [-0.4, -0.2) is 39.2 Å². The van der Waals surface area contributed by atoms with Crippen LogP contribution in [0.2, 0.25) is 0 Å². The summed E-state index contributed by atoms with van der Waals surface area (Å²) in [5.74, 6) is -0.189. The summed E-state index contributed by atoms with van der Waals surface area (Å²) < 4.78 is 1.69. The SMILES string of the molecule is O=C1CCC(NC(=O)c2cn(-c3ccccc3)nc2-c2cccnc2)CN1. The Hall–Kier alpha value is -3.48. The fraction of sp³-hybridized carbons (Fsp3) is 0.200. The van der Waals surface area contributed by atoms with E-state index in [9.17, 15) is 9.59 Å². The molecule has 0 radical (unpaired) electrons. The fourth-order valence-corrected chi connectivity index (χ4v) is 3.09. The monoisotopic (exact) mass is 361 g/mol. The first-order chi connectivity index (χ1) is 13.2. The summed E-state index contributed by atoms with van der Waals surface area (Å²) in [5.41, 5.74) is 2.69. The maximum atomic E-state index is 12.9. The van der Waals surface area contributed by atoms with Crippen LogP contribution in [0.4, 0.5) is 0 Å². The molecule has 1 aliphatic rings. The summed E-state index contributed by atoms with van der Waals surface area (Å²) in [7, 11) is 0. The number of hydrogen-bond donors (Lipinski definition) is 2. The maximum absolute atomic E-state index is 12.9. The predicted molar refractivity (Wildman–Crippen MR) is 100 cm³/mol. The lowest BCUT2D eigenvalue weighted by molar-refractivity contribution is -0.122. The second-order valence-electron chi connectivity index (χ2n) is 6.43. The first kappa shape index (κ1) is 17.0. The molecule has 27 heavy (non-hydrogen) atoms. The average molecular weight is 361 g/mol. The molecule has 1 aliphatic heterocycles. The van der Waals surface area contributed by atoms with Gasteiger partial charge in [0.2, 0.25) is 5.91 Å². The summed E-state index contributed by atoms with van der Waals surface area (Å²) >= 11 is 0. The highest BCUT2D eigenvalue weighted by atomic mass is 16.2. The van der Waals surface area contributed by atoms with E-state index in [4.69, 9.17) is 0 Å². The van der Waals surface area contributed by atoms with Crippen LogP contribution in [0.25, 0.3) is 16.9 Å². The zero-order valence-corrected chi connectivity index (χ0v) is 14.6. The van der Waals surface area contributed by atoms with Gasteiger partial charge in [-0.25, -0.2) is 4.68 Å². The molecule has 1 atom stereocenters. The second-order valence-corrected chi connectivity index (χ2v) is 6.43. The number of carbonyl (C=O) groups is 2. The van der Waals surface area contributed by atoms with Crippen LogP contribution in [0, 0.1) is 0 Å². The number of pyridine rings is 1. The average Bonchev–Trinajstić information content (AvgIpc) is 3.17. The highest BCUT2D eigenvalue weighted by Gasteiger charge is 2.24. The van der Waals surface area contributed by atoms with Gasteiger partial charge in [0.25, 0.3) is 5.91 Å². The minimum absolute atomic E-state index is 0.0217. The van der Waals surface area contributed by atoms with Gasteiger partial charge in [0, 0.05) is 43.2 Å². The van der Waals surface area contributed by atoms with Crippen molar-refractivity contribution in [3.05, 3.63) is 66.6 Å². The Morgan fingerprint density at radius 3 is 2.74 bits per heavy atom. The number of nitrogens with zero attached hydrogens (tertiary/aromatic N) is 3. The van der Waals surface area contributed by atoms with E-state index in [2.05, 4.69) is 20.7 Å². The van der Waals surface area contributed by atoms with Crippen LogP contribution in [0.15, 0.2) is 61.1 Å². The lowest BCUT2D eigenvalue weighted by Gasteiger charge is -2.23. The lowest BCUT2D eigenvalue weighted by atomic mass is 10.1. The normalized spacial score (nSPS) is 16.6. The first-order valence-corrected chi connectivity index (χ1v) is 8.84. The summed E-state index contributed by atoms with van der Waals surface area (Å²) in [6, 6.07) is 13.2. The van der Waals surface area contributed by atoms with E-state index < -0.39 is 0 Å². The molecule has 1 fully saturated rings. The third-order valence-electron chi connectivity index (χ3n) is 4.52. The molecule has 4 rings (SSSR count). The van der Waals surface area contributed by atoms with Crippen molar-refractivity contribution in [1.29, 1.82) is 0 Å². The molecule has 7 heteroatoms. The molecule has 136 valence electrons. The van der Waals surface area contributed by atoms with E-state index in [0.29, 0.717) is 30.6 Å². The summed E-state index contributed by atoms with van der Waals surface area (Å²) in [4.78, 5) is 28.4. The number of hydrogen-bond acceptors (Lipinski definition) is 4. The molecule has 1 unspecified atom stereocenters. The number of amides is 2. The van der Waals surface area contributed by atoms with Crippen LogP contribution in [0.3, 0.4) is 0 Å². The third kappa shape index (κ3) is 3.72. The van der Waals surface area contributed by atoms with Gasteiger partial charge in [0.05, 0.1) is 11.3 Å². The standard InChI is InChI=1S/C20H19N5O2/c26-18-9-8-15(12-22-18)23-20(27)17-13-25(16-6-2-1-3-7-16)24-19(17)14-5-4-10-21-11-14/h1-7,10-11,13,15H,8-9,12H2,(H,22,26)(H,23,27). The zero-order valence-electron chi connectivity index (χ0n) is 14.6. The minimum Gasteiger partial charge on any atom is -0.354 e. The van der Waals surface area contributed by atoms with Crippen LogP contribution in [0.1, 0.15) is 23.2 Å². The Morgan fingerprint density at radius 2 is 2.04 bits per heavy atom. The molecule has 0 spiro atoms. The molecule has 0 saturated carbocycles. The molecule has 3 heterocycles. The van der Waals surface area contributed by atoms with E-state index in [1.807, 2.05) is 42.5 Å². The van der Waals surface area contributed by atoms with Gasteiger partial charge in [-0.3, -0.25) is 14.6 Å². The molecule has 1 saturated heterocycles. The number of para-hydroxylation sites is 1. The number of rotatable bonds is 4. The summed E-state index contributed by atoms with van der Waals surface area (Å²) in [6.07, 6.45) is 6.15. The molecule has 2 amide bonds. The van der Waals surface area contributed by atoms with Crippen molar-refractivity contribution in [2.75, 3.05) is 6.54 Å². The van der Waals surface area contributed by atoms with Gasteiger partial charge < -0.3 is 10.6 Å². The Balaban J connectivity index is 1.66. The van der Waals surface area contributed by atoms with Crippen molar-refractivity contribution < 1.29 is 9.59 Å². The maximum Gasteiger partial charge on any atom is 0.255 e. The van der Waals surface area contributed by atoms with Gasteiger partial charge in [-0.05, 0) is 30.7 Å². The zero-order chi connectivity index (χ0) is 18.6.